The zero-order valence-electron chi connectivity index (χ0n) is 16.3. The van der Waals surface area contributed by atoms with Gasteiger partial charge in [0.15, 0.2) is 6.04 Å². The van der Waals surface area contributed by atoms with Gasteiger partial charge in [0.2, 0.25) is 5.90 Å². The molecule has 0 saturated carbocycles. The molecule has 0 saturated heterocycles. The van der Waals surface area contributed by atoms with Gasteiger partial charge in [-0.3, -0.25) is 0 Å². The van der Waals surface area contributed by atoms with Crippen molar-refractivity contribution in [1.29, 1.82) is 10.5 Å². The number of carbonyl (C=O) groups is 1. The average molecular weight is 386 g/mol. The van der Waals surface area contributed by atoms with Crippen LogP contribution in [0.25, 0.3) is 0 Å². The topological polar surface area (TPSA) is 89.5 Å². The van der Waals surface area contributed by atoms with Gasteiger partial charge >= 0.3 is 5.97 Å². The number of hydrogen-bond donors (Lipinski definition) is 0. The molecule has 146 valence electrons. The molecule has 2 aromatic carbocycles. The Morgan fingerprint density at radius 2 is 1.76 bits per heavy atom. The fourth-order valence-corrected chi connectivity index (χ4v) is 3.28. The van der Waals surface area contributed by atoms with Crippen molar-refractivity contribution >= 4 is 17.6 Å². The van der Waals surface area contributed by atoms with Crippen LogP contribution in [0, 0.1) is 29.6 Å². The Bertz CT molecular complexity index is 968. The van der Waals surface area contributed by atoms with Crippen molar-refractivity contribution in [2.75, 3.05) is 18.0 Å². The van der Waals surface area contributed by atoms with Gasteiger partial charge in [-0.25, -0.2) is 9.79 Å². The lowest BCUT2D eigenvalue weighted by Crippen LogP contribution is -2.25. The van der Waals surface area contributed by atoms with Gasteiger partial charge in [0.1, 0.15) is 0 Å². The summed E-state index contributed by atoms with van der Waals surface area (Å²) in [6.07, 6.45) is 1.27. The molecular weight excluding hydrogens is 364 g/mol. The first kappa shape index (κ1) is 20.1. The number of cyclic esters (lactones) is 1. The normalized spacial score (nSPS) is 15.2. The average Bonchev–Trinajstić information content (AvgIpc) is 3.11. The summed E-state index contributed by atoms with van der Waals surface area (Å²) in [5.74, 6) is 0.0334. The molecule has 1 aliphatic heterocycles. The molecule has 1 atom stereocenters. The third-order valence-corrected chi connectivity index (χ3v) is 4.85. The van der Waals surface area contributed by atoms with E-state index >= 15 is 0 Å². The maximum Gasteiger partial charge on any atom is 0.338 e. The van der Waals surface area contributed by atoms with Crippen molar-refractivity contribution in [3.05, 3.63) is 65.2 Å². The summed E-state index contributed by atoms with van der Waals surface area (Å²) >= 11 is 0. The van der Waals surface area contributed by atoms with Crippen molar-refractivity contribution in [2.45, 2.75) is 32.2 Å². The predicted molar refractivity (Wildman–Crippen MR) is 110 cm³/mol. The quantitative estimate of drug-likeness (QED) is 0.647. The minimum atomic E-state index is -0.553. The van der Waals surface area contributed by atoms with Gasteiger partial charge in [0.05, 0.1) is 25.0 Å². The molecule has 0 fully saturated rings. The Morgan fingerprint density at radius 1 is 1.07 bits per heavy atom. The molecule has 1 unspecified atom stereocenters. The van der Waals surface area contributed by atoms with E-state index in [0.29, 0.717) is 38.2 Å². The number of carbonyl (C=O) groups excluding carboxylic acids is 1. The summed E-state index contributed by atoms with van der Waals surface area (Å²) in [5, 5.41) is 17.8. The molecule has 1 heterocycles. The van der Waals surface area contributed by atoms with Crippen LogP contribution in [0.15, 0.2) is 53.5 Å². The molecule has 0 bridgehead atoms. The van der Waals surface area contributed by atoms with E-state index < -0.39 is 6.04 Å². The van der Waals surface area contributed by atoms with Gasteiger partial charge in [-0.05, 0) is 42.3 Å². The summed E-state index contributed by atoms with van der Waals surface area (Å²) in [6.45, 7) is 3.15. The second kappa shape index (κ2) is 9.52. The van der Waals surface area contributed by atoms with Crippen LogP contribution in [0.4, 0.5) is 5.69 Å². The van der Waals surface area contributed by atoms with Gasteiger partial charge in [0, 0.05) is 30.8 Å². The highest BCUT2D eigenvalue weighted by molar-refractivity contribution is 6.06. The third kappa shape index (κ3) is 5.00. The lowest BCUT2D eigenvalue weighted by atomic mass is 10.0. The fraction of sp³-hybridized carbons (Fsp3) is 0.304. The summed E-state index contributed by atoms with van der Waals surface area (Å²) in [4.78, 5) is 18.8. The van der Waals surface area contributed by atoms with Crippen LogP contribution in [0.2, 0.25) is 0 Å². The Kier molecular flexibility index (Phi) is 6.60. The SMILES string of the molecule is Cc1cc(N(CCC#N)CCC#N)ccc1CC1N=C(c2ccccc2)OC1=O. The Morgan fingerprint density at radius 3 is 2.38 bits per heavy atom. The van der Waals surface area contributed by atoms with Crippen LogP contribution in [0.3, 0.4) is 0 Å². The van der Waals surface area contributed by atoms with E-state index in [0.717, 1.165) is 22.4 Å². The van der Waals surface area contributed by atoms with E-state index in [9.17, 15) is 4.79 Å². The maximum absolute atomic E-state index is 12.3. The monoisotopic (exact) mass is 386 g/mol. The predicted octanol–water partition coefficient (Wildman–Crippen LogP) is 3.54. The van der Waals surface area contributed by atoms with Crippen LogP contribution in [0.1, 0.15) is 29.5 Å². The van der Waals surface area contributed by atoms with E-state index in [-0.39, 0.29) is 5.97 Å². The number of aryl methyl sites for hydroxylation is 1. The second-order valence-electron chi connectivity index (χ2n) is 6.86. The molecule has 1 aliphatic rings. The molecule has 0 N–H and O–H groups in total. The number of aliphatic imine (C=N–C) groups is 1. The third-order valence-electron chi connectivity index (χ3n) is 4.85. The molecule has 2 aromatic rings. The molecule has 0 spiro atoms. The minimum absolute atomic E-state index is 0.336. The highest BCUT2D eigenvalue weighted by Crippen LogP contribution is 2.23. The number of benzene rings is 2. The highest BCUT2D eigenvalue weighted by atomic mass is 16.6. The Labute approximate surface area is 170 Å². The van der Waals surface area contributed by atoms with Crippen LogP contribution in [-0.4, -0.2) is 31.0 Å². The number of ether oxygens (including phenoxy) is 1. The van der Waals surface area contributed by atoms with E-state index in [2.05, 4.69) is 17.1 Å². The Balaban J connectivity index is 1.75. The van der Waals surface area contributed by atoms with Crippen molar-refractivity contribution < 1.29 is 9.53 Å². The molecule has 0 radical (unpaired) electrons. The molecule has 0 aliphatic carbocycles. The van der Waals surface area contributed by atoms with Crippen LogP contribution >= 0.6 is 0 Å². The lowest BCUT2D eigenvalue weighted by Gasteiger charge is -2.24. The van der Waals surface area contributed by atoms with Crippen molar-refractivity contribution in [3.8, 4) is 12.1 Å². The smallest absolute Gasteiger partial charge is 0.338 e. The van der Waals surface area contributed by atoms with Gasteiger partial charge in [-0.15, -0.1) is 0 Å². The molecule has 29 heavy (non-hydrogen) atoms. The van der Waals surface area contributed by atoms with E-state index in [1.807, 2.05) is 60.4 Å². The first-order valence-electron chi connectivity index (χ1n) is 9.55. The molecule has 6 nitrogen and oxygen atoms in total. The number of nitrogens with zero attached hydrogens (tertiary/aromatic N) is 4. The largest absolute Gasteiger partial charge is 0.406 e. The van der Waals surface area contributed by atoms with E-state index in [1.165, 1.54) is 0 Å². The highest BCUT2D eigenvalue weighted by Gasteiger charge is 2.30. The first-order chi connectivity index (χ1) is 14.1. The Hall–Kier alpha value is -3.64. The number of hydrogen-bond acceptors (Lipinski definition) is 6. The first-order valence-corrected chi connectivity index (χ1v) is 9.55. The number of anilines is 1. The van der Waals surface area contributed by atoms with Crippen LogP contribution in [-0.2, 0) is 16.0 Å². The lowest BCUT2D eigenvalue weighted by molar-refractivity contribution is -0.134. The van der Waals surface area contributed by atoms with Gasteiger partial charge in [0.25, 0.3) is 0 Å². The van der Waals surface area contributed by atoms with Crippen molar-refractivity contribution in [3.63, 3.8) is 0 Å². The zero-order chi connectivity index (χ0) is 20.6. The zero-order valence-corrected chi connectivity index (χ0v) is 16.3. The van der Waals surface area contributed by atoms with Crippen LogP contribution in [0.5, 0.6) is 0 Å². The number of nitriles is 2. The van der Waals surface area contributed by atoms with E-state index in [1.54, 1.807) is 0 Å². The fourth-order valence-electron chi connectivity index (χ4n) is 3.28. The maximum atomic E-state index is 12.3. The molecule has 0 aromatic heterocycles. The van der Waals surface area contributed by atoms with Gasteiger partial charge in [-0.2, -0.15) is 10.5 Å². The van der Waals surface area contributed by atoms with Gasteiger partial charge in [-0.1, -0.05) is 24.3 Å². The number of esters is 1. The van der Waals surface area contributed by atoms with Crippen molar-refractivity contribution in [1.82, 2.24) is 0 Å². The summed E-state index contributed by atoms with van der Waals surface area (Å²) in [7, 11) is 0. The van der Waals surface area contributed by atoms with Gasteiger partial charge < -0.3 is 9.64 Å². The molecule has 0 amide bonds. The van der Waals surface area contributed by atoms with E-state index in [4.69, 9.17) is 15.3 Å². The number of rotatable bonds is 8. The molecular formula is C23H22N4O2. The summed E-state index contributed by atoms with van der Waals surface area (Å²) in [6, 6.07) is 19.1. The van der Waals surface area contributed by atoms with Crippen LogP contribution < -0.4 is 4.90 Å². The second-order valence-corrected chi connectivity index (χ2v) is 6.86. The summed E-state index contributed by atoms with van der Waals surface area (Å²) < 4.78 is 5.36. The standard InChI is InChI=1S/C23H22N4O2/c1-17-15-20(27(13-5-11-24)14-6-12-25)10-9-19(17)16-21-23(28)29-22(26-21)18-7-3-2-4-8-18/h2-4,7-10,15,21H,5-6,13-14,16H2,1H3. The molecule has 3 rings (SSSR count). The summed E-state index contributed by atoms with van der Waals surface area (Å²) in [5.41, 5.74) is 3.83. The van der Waals surface area contributed by atoms with Crippen molar-refractivity contribution in [2.24, 2.45) is 4.99 Å². The molecule has 6 heteroatoms. The minimum Gasteiger partial charge on any atom is -0.406 e.